The van der Waals surface area contributed by atoms with Crippen molar-refractivity contribution in [2.45, 2.75) is 12.4 Å². The van der Waals surface area contributed by atoms with E-state index < -0.39 is 35.6 Å². The van der Waals surface area contributed by atoms with E-state index in [-0.39, 0.29) is 11.1 Å². The number of ether oxygens (including phenoxy) is 1. The average molecular weight is 321 g/mol. The first kappa shape index (κ1) is 16.2. The third kappa shape index (κ3) is 3.70. The van der Waals surface area contributed by atoms with Crippen LogP contribution in [0.4, 0.5) is 26.3 Å². The molecule has 2 N–H and O–H groups in total. The van der Waals surface area contributed by atoms with E-state index >= 15 is 0 Å². The predicted molar refractivity (Wildman–Crippen MR) is 65.5 cm³/mol. The summed E-state index contributed by atoms with van der Waals surface area (Å²) in [6.07, 6.45) is -4.84. The van der Waals surface area contributed by atoms with E-state index in [9.17, 15) is 26.3 Å². The van der Waals surface area contributed by atoms with Crippen LogP contribution in [0.15, 0.2) is 36.4 Å². The van der Waals surface area contributed by atoms with Gasteiger partial charge in [-0.1, -0.05) is 12.1 Å². The van der Waals surface area contributed by atoms with Crippen LogP contribution in [0.5, 0.6) is 5.75 Å². The van der Waals surface area contributed by atoms with Gasteiger partial charge >= 0.3 is 6.36 Å². The van der Waals surface area contributed by atoms with Crippen LogP contribution in [0.1, 0.15) is 17.2 Å². The maximum absolute atomic E-state index is 13.6. The third-order valence-corrected chi connectivity index (χ3v) is 2.85. The number of halogens is 6. The van der Waals surface area contributed by atoms with Gasteiger partial charge in [0, 0.05) is 11.6 Å². The molecule has 2 rings (SSSR count). The highest BCUT2D eigenvalue weighted by Gasteiger charge is 2.31. The number of hydrogen-bond donors (Lipinski definition) is 1. The minimum atomic E-state index is -4.84. The van der Waals surface area contributed by atoms with Gasteiger partial charge in [-0.3, -0.25) is 0 Å². The van der Waals surface area contributed by atoms with Crippen LogP contribution in [0, 0.1) is 17.5 Å². The Morgan fingerprint density at radius 3 is 1.95 bits per heavy atom. The summed E-state index contributed by atoms with van der Waals surface area (Å²) in [7, 11) is 0. The molecule has 0 aliphatic carbocycles. The fraction of sp³-hybridized carbons (Fsp3) is 0.143. The zero-order valence-corrected chi connectivity index (χ0v) is 10.8. The van der Waals surface area contributed by atoms with Crippen molar-refractivity contribution in [2.24, 2.45) is 5.73 Å². The van der Waals surface area contributed by atoms with Gasteiger partial charge in [-0.25, -0.2) is 13.2 Å². The Morgan fingerprint density at radius 2 is 1.41 bits per heavy atom. The molecule has 0 bridgehead atoms. The quantitative estimate of drug-likeness (QED) is 0.684. The molecule has 2 nitrogen and oxygen atoms in total. The molecule has 0 amide bonds. The summed E-state index contributed by atoms with van der Waals surface area (Å²) < 4.78 is 79.4. The first-order chi connectivity index (χ1) is 10.2. The molecule has 0 radical (unpaired) electrons. The number of alkyl halides is 3. The van der Waals surface area contributed by atoms with Crippen LogP contribution >= 0.6 is 0 Å². The summed E-state index contributed by atoms with van der Waals surface area (Å²) in [5, 5.41) is 0. The Hall–Kier alpha value is -2.22. The van der Waals surface area contributed by atoms with Crippen molar-refractivity contribution in [1.82, 2.24) is 0 Å². The summed E-state index contributed by atoms with van der Waals surface area (Å²) in [4.78, 5) is 0. The van der Waals surface area contributed by atoms with Crippen LogP contribution in [0.25, 0.3) is 0 Å². The van der Waals surface area contributed by atoms with E-state index in [1.165, 1.54) is 12.1 Å². The lowest BCUT2D eigenvalue weighted by Crippen LogP contribution is -2.17. The number of rotatable bonds is 3. The molecule has 2 aromatic rings. The molecule has 1 atom stereocenters. The van der Waals surface area contributed by atoms with E-state index in [4.69, 9.17) is 5.73 Å². The maximum atomic E-state index is 13.6. The molecule has 2 aromatic carbocycles. The van der Waals surface area contributed by atoms with Gasteiger partial charge in [0.05, 0.1) is 6.04 Å². The second-order valence-electron chi connectivity index (χ2n) is 4.38. The average Bonchev–Trinajstić information content (AvgIpc) is 2.41. The van der Waals surface area contributed by atoms with Gasteiger partial charge in [-0.15, -0.1) is 13.2 Å². The Labute approximate surface area is 121 Å². The standard InChI is InChI=1S/C14H9F6NO/c15-10-6-12(17)11(16)5-9(10)13(21)7-1-3-8(4-2-7)22-14(18,19)20/h1-6,13H,21H2/t13-/m1/s1. The van der Waals surface area contributed by atoms with Crippen molar-refractivity contribution < 1.29 is 31.1 Å². The van der Waals surface area contributed by atoms with Crippen molar-refractivity contribution in [3.8, 4) is 5.75 Å². The van der Waals surface area contributed by atoms with Crippen LogP contribution in [-0.4, -0.2) is 6.36 Å². The largest absolute Gasteiger partial charge is 0.573 e. The molecular weight excluding hydrogens is 312 g/mol. The first-order valence-electron chi connectivity index (χ1n) is 5.93. The third-order valence-electron chi connectivity index (χ3n) is 2.85. The van der Waals surface area contributed by atoms with Crippen molar-refractivity contribution in [3.05, 3.63) is 65.0 Å². The number of hydrogen-bond acceptors (Lipinski definition) is 2. The molecule has 0 saturated heterocycles. The van der Waals surface area contributed by atoms with Gasteiger partial charge in [0.15, 0.2) is 11.6 Å². The summed E-state index contributed by atoms with van der Waals surface area (Å²) in [6, 6.07) is 4.11. The van der Waals surface area contributed by atoms with E-state index in [0.717, 1.165) is 12.1 Å². The minimum Gasteiger partial charge on any atom is -0.406 e. The van der Waals surface area contributed by atoms with E-state index in [2.05, 4.69) is 4.74 Å². The highest BCUT2D eigenvalue weighted by molar-refractivity contribution is 5.36. The molecule has 0 unspecified atom stereocenters. The molecule has 0 aliphatic heterocycles. The van der Waals surface area contributed by atoms with Crippen LogP contribution in [0.3, 0.4) is 0 Å². The Balaban J connectivity index is 2.27. The summed E-state index contributed by atoms with van der Waals surface area (Å²) in [5.74, 6) is -4.16. The van der Waals surface area contributed by atoms with Gasteiger partial charge in [0.1, 0.15) is 11.6 Å². The van der Waals surface area contributed by atoms with Gasteiger partial charge in [-0.2, -0.15) is 0 Å². The highest BCUT2D eigenvalue weighted by atomic mass is 19.4. The molecule has 0 spiro atoms. The predicted octanol–water partition coefficient (Wildman–Crippen LogP) is 4.05. The summed E-state index contributed by atoms with van der Waals surface area (Å²) >= 11 is 0. The normalized spacial score (nSPS) is 13.0. The molecule has 0 saturated carbocycles. The lowest BCUT2D eigenvalue weighted by Gasteiger charge is -2.15. The van der Waals surface area contributed by atoms with Crippen molar-refractivity contribution in [3.63, 3.8) is 0 Å². The fourth-order valence-corrected chi connectivity index (χ4v) is 1.83. The van der Waals surface area contributed by atoms with Crippen LogP contribution < -0.4 is 10.5 Å². The van der Waals surface area contributed by atoms with Crippen molar-refractivity contribution in [1.29, 1.82) is 0 Å². The van der Waals surface area contributed by atoms with E-state index in [0.29, 0.717) is 12.1 Å². The van der Waals surface area contributed by atoms with Crippen molar-refractivity contribution >= 4 is 0 Å². The Bertz CT molecular complexity index is 668. The minimum absolute atomic E-state index is 0.208. The zero-order chi connectivity index (χ0) is 16.5. The van der Waals surface area contributed by atoms with Crippen LogP contribution in [-0.2, 0) is 0 Å². The fourth-order valence-electron chi connectivity index (χ4n) is 1.83. The lowest BCUT2D eigenvalue weighted by atomic mass is 9.99. The van der Waals surface area contributed by atoms with E-state index in [1.54, 1.807) is 0 Å². The lowest BCUT2D eigenvalue weighted by molar-refractivity contribution is -0.274. The molecule has 118 valence electrons. The van der Waals surface area contributed by atoms with Gasteiger partial charge in [0.2, 0.25) is 0 Å². The number of benzene rings is 2. The second-order valence-corrected chi connectivity index (χ2v) is 4.38. The summed E-state index contributed by atoms with van der Waals surface area (Å²) in [6.45, 7) is 0. The number of nitrogens with two attached hydrogens (primary N) is 1. The topological polar surface area (TPSA) is 35.2 Å². The van der Waals surface area contributed by atoms with Gasteiger partial charge < -0.3 is 10.5 Å². The maximum Gasteiger partial charge on any atom is 0.573 e. The van der Waals surface area contributed by atoms with Gasteiger partial charge in [0.25, 0.3) is 0 Å². The molecule has 0 aliphatic rings. The van der Waals surface area contributed by atoms with Crippen molar-refractivity contribution in [2.75, 3.05) is 0 Å². The monoisotopic (exact) mass is 321 g/mol. The molecule has 0 heterocycles. The molecule has 0 aromatic heterocycles. The molecule has 22 heavy (non-hydrogen) atoms. The SMILES string of the molecule is N[C@H](c1ccc(OC(F)(F)F)cc1)c1cc(F)c(F)cc1F. The Morgan fingerprint density at radius 1 is 0.864 bits per heavy atom. The molecule has 8 heteroatoms. The van der Waals surface area contributed by atoms with Gasteiger partial charge in [-0.05, 0) is 23.8 Å². The van der Waals surface area contributed by atoms with Crippen LogP contribution in [0.2, 0.25) is 0 Å². The van der Waals surface area contributed by atoms with E-state index in [1.807, 2.05) is 0 Å². The second kappa shape index (κ2) is 5.88. The summed E-state index contributed by atoms with van der Waals surface area (Å²) in [5.41, 5.74) is 5.61. The Kier molecular flexibility index (Phi) is 4.32. The first-order valence-corrected chi connectivity index (χ1v) is 5.93. The molecular formula is C14H9F6NO. The molecule has 0 fully saturated rings. The highest BCUT2D eigenvalue weighted by Crippen LogP contribution is 2.27. The smallest absolute Gasteiger partial charge is 0.406 e. The zero-order valence-electron chi connectivity index (χ0n) is 10.8.